The van der Waals surface area contributed by atoms with Gasteiger partial charge in [0.05, 0.1) is 0 Å². The molecule has 4 heteroatoms. The maximum absolute atomic E-state index is 6.18. The predicted molar refractivity (Wildman–Crippen MR) is 85.6 cm³/mol. The minimum atomic E-state index is 0.537. The predicted octanol–water partition coefficient (Wildman–Crippen LogP) is 4.20. The van der Waals surface area contributed by atoms with Crippen LogP contribution in [0.5, 0.6) is 0 Å². The van der Waals surface area contributed by atoms with Crippen LogP contribution in [-0.4, -0.2) is 7.05 Å². The highest BCUT2D eigenvalue weighted by atomic mass is 79.9. The molecule has 100 valence electrons. The molecule has 0 atom stereocenters. The van der Waals surface area contributed by atoms with Gasteiger partial charge in [-0.2, -0.15) is 0 Å². The number of halogens is 2. The fourth-order valence-electron chi connectivity index (χ4n) is 1.91. The maximum atomic E-state index is 6.18. The van der Waals surface area contributed by atoms with Gasteiger partial charge in [0.25, 0.3) is 0 Å². The Morgan fingerprint density at radius 2 is 1.89 bits per heavy atom. The van der Waals surface area contributed by atoms with E-state index < -0.39 is 0 Å². The Morgan fingerprint density at radius 3 is 2.53 bits per heavy atom. The van der Waals surface area contributed by atoms with E-state index in [1.54, 1.807) is 0 Å². The average Bonchev–Trinajstić information content (AvgIpc) is 2.41. The Balaban J connectivity index is 2.18. The number of anilines is 1. The third kappa shape index (κ3) is 3.50. The van der Waals surface area contributed by atoms with E-state index in [1.165, 1.54) is 0 Å². The Bertz CT molecular complexity index is 572. The minimum Gasteiger partial charge on any atom is -0.370 e. The average molecular weight is 340 g/mol. The van der Waals surface area contributed by atoms with Crippen molar-refractivity contribution in [3.05, 3.63) is 63.1 Å². The maximum Gasteiger partial charge on any atom is 0.0455 e. The van der Waals surface area contributed by atoms with Gasteiger partial charge in [0.2, 0.25) is 0 Å². The summed E-state index contributed by atoms with van der Waals surface area (Å²) in [6.45, 7) is 1.31. The smallest absolute Gasteiger partial charge is 0.0455 e. The van der Waals surface area contributed by atoms with E-state index in [4.69, 9.17) is 17.3 Å². The Labute approximate surface area is 127 Å². The molecule has 0 radical (unpaired) electrons. The summed E-state index contributed by atoms with van der Waals surface area (Å²) >= 11 is 9.73. The first-order valence-corrected chi connectivity index (χ1v) is 7.22. The highest BCUT2D eigenvalue weighted by molar-refractivity contribution is 9.10. The van der Waals surface area contributed by atoms with E-state index in [9.17, 15) is 0 Å². The molecule has 0 spiro atoms. The van der Waals surface area contributed by atoms with Crippen molar-refractivity contribution in [2.45, 2.75) is 13.1 Å². The van der Waals surface area contributed by atoms with E-state index in [0.29, 0.717) is 6.54 Å². The standard InChI is InChI=1S/C15H16BrClN2/c1-19(10-12-4-2-3-5-15(12)17)13-7-6-11(9-18)14(16)8-13/h2-8H,9-10,18H2,1H3. The summed E-state index contributed by atoms with van der Waals surface area (Å²) < 4.78 is 1.04. The molecular formula is C15H16BrClN2. The van der Waals surface area contributed by atoms with Gasteiger partial charge in [0.15, 0.2) is 0 Å². The molecule has 19 heavy (non-hydrogen) atoms. The number of rotatable bonds is 4. The van der Waals surface area contributed by atoms with Crippen LogP contribution in [0.15, 0.2) is 46.9 Å². The molecule has 0 amide bonds. The van der Waals surface area contributed by atoms with Crippen molar-refractivity contribution in [1.29, 1.82) is 0 Å². The van der Waals surface area contributed by atoms with Gasteiger partial charge >= 0.3 is 0 Å². The van der Waals surface area contributed by atoms with E-state index in [1.807, 2.05) is 37.4 Å². The van der Waals surface area contributed by atoms with Crippen molar-refractivity contribution in [2.24, 2.45) is 5.73 Å². The third-order valence-corrected chi connectivity index (χ3v) is 4.17. The second-order valence-electron chi connectivity index (χ2n) is 4.43. The fraction of sp³-hybridized carbons (Fsp3) is 0.200. The fourth-order valence-corrected chi connectivity index (χ4v) is 2.64. The summed E-state index contributed by atoms with van der Waals surface area (Å²) in [5, 5.41) is 0.798. The van der Waals surface area contributed by atoms with Gasteiger partial charge in [-0.3, -0.25) is 0 Å². The second kappa shape index (κ2) is 6.42. The first-order chi connectivity index (χ1) is 9.11. The summed E-state index contributed by atoms with van der Waals surface area (Å²) in [4.78, 5) is 2.16. The van der Waals surface area contributed by atoms with Gasteiger partial charge in [-0.05, 0) is 29.3 Å². The molecule has 2 aromatic rings. The van der Waals surface area contributed by atoms with Crippen LogP contribution in [0.25, 0.3) is 0 Å². The summed E-state index contributed by atoms with van der Waals surface area (Å²) in [5.41, 5.74) is 9.01. The molecule has 0 saturated heterocycles. The molecule has 2 N–H and O–H groups in total. The minimum absolute atomic E-state index is 0.537. The normalized spacial score (nSPS) is 10.5. The van der Waals surface area contributed by atoms with Crippen molar-refractivity contribution < 1.29 is 0 Å². The zero-order chi connectivity index (χ0) is 13.8. The lowest BCUT2D eigenvalue weighted by molar-refractivity contribution is 0.920. The molecule has 0 aliphatic heterocycles. The largest absolute Gasteiger partial charge is 0.370 e. The first-order valence-electron chi connectivity index (χ1n) is 6.05. The molecule has 0 saturated carbocycles. The molecular weight excluding hydrogens is 324 g/mol. The zero-order valence-corrected chi connectivity index (χ0v) is 13.1. The van der Waals surface area contributed by atoms with Crippen molar-refractivity contribution in [3.8, 4) is 0 Å². The summed E-state index contributed by atoms with van der Waals surface area (Å²) in [5.74, 6) is 0. The molecule has 0 fully saturated rings. The number of nitrogens with zero attached hydrogens (tertiary/aromatic N) is 1. The second-order valence-corrected chi connectivity index (χ2v) is 5.69. The van der Waals surface area contributed by atoms with Crippen LogP contribution in [-0.2, 0) is 13.1 Å². The zero-order valence-electron chi connectivity index (χ0n) is 10.7. The van der Waals surface area contributed by atoms with E-state index in [-0.39, 0.29) is 0 Å². The van der Waals surface area contributed by atoms with Crippen LogP contribution in [0.2, 0.25) is 5.02 Å². The third-order valence-electron chi connectivity index (χ3n) is 3.06. The Kier molecular flexibility index (Phi) is 4.86. The Hall–Kier alpha value is -1.03. The van der Waals surface area contributed by atoms with Crippen molar-refractivity contribution in [2.75, 3.05) is 11.9 Å². The van der Waals surface area contributed by atoms with Gasteiger partial charge in [0, 0.05) is 35.3 Å². The van der Waals surface area contributed by atoms with Crippen LogP contribution in [0, 0.1) is 0 Å². The molecule has 2 nitrogen and oxygen atoms in total. The molecule has 2 aromatic carbocycles. The molecule has 0 bridgehead atoms. The highest BCUT2D eigenvalue weighted by Gasteiger charge is 2.07. The molecule has 0 heterocycles. The number of nitrogens with two attached hydrogens (primary N) is 1. The quantitative estimate of drug-likeness (QED) is 0.904. The van der Waals surface area contributed by atoms with Gasteiger partial charge in [-0.1, -0.05) is 51.8 Å². The van der Waals surface area contributed by atoms with Gasteiger partial charge in [-0.15, -0.1) is 0 Å². The lowest BCUT2D eigenvalue weighted by atomic mass is 10.1. The summed E-state index contributed by atoms with van der Waals surface area (Å²) in [7, 11) is 2.05. The molecule has 2 rings (SSSR count). The molecule has 0 unspecified atom stereocenters. The van der Waals surface area contributed by atoms with Crippen LogP contribution < -0.4 is 10.6 Å². The van der Waals surface area contributed by atoms with E-state index in [2.05, 4.69) is 33.0 Å². The number of benzene rings is 2. The SMILES string of the molecule is CN(Cc1ccccc1Cl)c1ccc(CN)c(Br)c1. The van der Waals surface area contributed by atoms with Gasteiger partial charge in [0.1, 0.15) is 0 Å². The topological polar surface area (TPSA) is 29.3 Å². The highest BCUT2D eigenvalue weighted by Crippen LogP contribution is 2.25. The first kappa shape index (κ1) is 14.4. The van der Waals surface area contributed by atoms with Crippen LogP contribution in [0.4, 0.5) is 5.69 Å². The molecule has 0 aliphatic carbocycles. The van der Waals surface area contributed by atoms with Crippen LogP contribution >= 0.6 is 27.5 Å². The lowest BCUT2D eigenvalue weighted by Gasteiger charge is -2.21. The lowest BCUT2D eigenvalue weighted by Crippen LogP contribution is -2.16. The number of hydrogen-bond acceptors (Lipinski definition) is 2. The summed E-state index contributed by atoms with van der Waals surface area (Å²) in [6.07, 6.45) is 0. The van der Waals surface area contributed by atoms with Crippen LogP contribution in [0.1, 0.15) is 11.1 Å². The molecule has 0 aliphatic rings. The van der Waals surface area contributed by atoms with Crippen molar-refractivity contribution in [3.63, 3.8) is 0 Å². The van der Waals surface area contributed by atoms with Crippen molar-refractivity contribution in [1.82, 2.24) is 0 Å². The number of hydrogen-bond donors (Lipinski definition) is 1. The van der Waals surface area contributed by atoms with Gasteiger partial charge < -0.3 is 10.6 Å². The van der Waals surface area contributed by atoms with E-state index >= 15 is 0 Å². The van der Waals surface area contributed by atoms with Gasteiger partial charge in [-0.25, -0.2) is 0 Å². The van der Waals surface area contributed by atoms with E-state index in [0.717, 1.165) is 32.9 Å². The van der Waals surface area contributed by atoms with Crippen molar-refractivity contribution >= 4 is 33.2 Å². The Morgan fingerprint density at radius 1 is 1.16 bits per heavy atom. The van der Waals surface area contributed by atoms with Crippen LogP contribution in [0.3, 0.4) is 0 Å². The monoisotopic (exact) mass is 338 g/mol. The summed E-state index contributed by atoms with van der Waals surface area (Å²) in [6, 6.07) is 14.1. The molecule has 0 aromatic heterocycles.